The third kappa shape index (κ3) is 4.72. The number of rotatable bonds is 2. The van der Waals surface area contributed by atoms with E-state index in [1.807, 2.05) is 26.0 Å². The smallest absolute Gasteiger partial charge is 0.109 e. The van der Waals surface area contributed by atoms with Gasteiger partial charge >= 0.3 is 0 Å². The van der Waals surface area contributed by atoms with Crippen molar-refractivity contribution >= 4 is 23.5 Å². The maximum absolute atomic E-state index is 5.47. The zero-order chi connectivity index (χ0) is 15.5. The van der Waals surface area contributed by atoms with Crippen LogP contribution >= 0.6 is 0 Å². The molecular formula is C16H22CuN5S-. The van der Waals surface area contributed by atoms with Crippen molar-refractivity contribution in [1.29, 1.82) is 0 Å². The fraction of sp³-hybridized carbons (Fsp3) is 0.625. The molecule has 5 nitrogen and oxygen atoms in total. The van der Waals surface area contributed by atoms with Crippen LogP contribution in [0.25, 0.3) is 0 Å². The summed E-state index contributed by atoms with van der Waals surface area (Å²) in [7, 11) is 0. The number of amidine groups is 1. The molecule has 1 aliphatic carbocycles. The number of nitrogens with zero attached hydrogens (tertiary/aromatic N) is 5. The predicted octanol–water partition coefficient (Wildman–Crippen LogP) is 2.53. The summed E-state index contributed by atoms with van der Waals surface area (Å²) < 4.78 is 0. The third-order valence-corrected chi connectivity index (χ3v) is 4.99. The Labute approximate surface area is 153 Å². The molecule has 2 bridgehead atoms. The molecule has 0 aromatic carbocycles. The fourth-order valence-electron chi connectivity index (χ4n) is 3.27. The monoisotopic (exact) mass is 379 g/mol. The molecule has 0 amide bonds. The Bertz CT molecular complexity index is 565. The minimum absolute atomic E-state index is 0. The van der Waals surface area contributed by atoms with Crippen molar-refractivity contribution in [3.05, 3.63) is 23.5 Å². The van der Waals surface area contributed by atoms with E-state index < -0.39 is 0 Å². The van der Waals surface area contributed by atoms with Crippen LogP contribution in [-0.2, 0) is 29.7 Å². The van der Waals surface area contributed by atoms with Crippen molar-refractivity contribution in [1.82, 2.24) is 15.1 Å². The van der Waals surface area contributed by atoms with E-state index in [0.29, 0.717) is 5.17 Å². The van der Waals surface area contributed by atoms with E-state index in [9.17, 15) is 0 Å². The van der Waals surface area contributed by atoms with Crippen LogP contribution < -0.4 is 0 Å². The van der Waals surface area contributed by atoms with Crippen molar-refractivity contribution in [2.24, 2.45) is 22.0 Å². The van der Waals surface area contributed by atoms with Crippen molar-refractivity contribution < 1.29 is 17.1 Å². The summed E-state index contributed by atoms with van der Waals surface area (Å²) in [4.78, 5) is 2.24. The van der Waals surface area contributed by atoms with Gasteiger partial charge in [-0.25, -0.2) is 0 Å². The van der Waals surface area contributed by atoms with Gasteiger partial charge in [0, 0.05) is 35.3 Å². The van der Waals surface area contributed by atoms with Crippen LogP contribution in [0.3, 0.4) is 0 Å². The molecule has 0 atom stereocenters. The quantitative estimate of drug-likeness (QED) is 0.260. The van der Waals surface area contributed by atoms with Crippen molar-refractivity contribution in [2.75, 3.05) is 13.1 Å². The molecule has 7 heteroatoms. The van der Waals surface area contributed by atoms with Gasteiger partial charge in [-0.15, -0.1) is 5.10 Å². The number of fused-ring (bicyclic) bond motifs is 4. The van der Waals surface area contributed by atoms with Gasteiger partial charge in [-0.2, -0.15) is 15.3 Å². The Balaban J connectivity index is 0.00000192. The minimum atomic E-state index is 0. The molecule has 3 heterocycles. The molecule has 129 valence electrons. The maximum atomic E-state index is 5.47. The summed E-state index contributed by atoms with van der Waals surface area (Å²) >= 11 is 5.47. The van der Waals surface area contributed by atoms with E-state index in [1.54, 1.807) is 0 Å². The molecule has 0 N–H and O–H groups in total. The van der Waals surface area contributed by atoms with Gasteiger partial charge < -0.3 is 17.5 Å². The van der Waals surface area contributed by atoms with Crippen LogP contribution in [0.2, 0.25) is 0 Å². The molecule has 3 fully saturated rings. The van der Waals surface area contributed by atoms with E-state index in [4.69, 9.17) is 12.6 Å². The molecule has 1 saturated carbocycles. The summed E-state index contributed by atoms with van der Waals surface area (Å²) in [5, 5.41) is 17.3. The third-order valence-electron chi connectivity index (χ3n) is 4.65. The van der Waals surface area contributed by atoms with Crippen molar-refractivity contribution in [2.45, 2.75) is 39.5 Å². The zero-order valence-electron chi connectivity index (χ0n) is 13.5. The van der Waals surface area contributed by atoms with Gasteiger partial charge in [-0.3, -0.25) is 0 Å². The number of aryl methyl sites for hydroxylation is 1. The first kappa shape index (κ1) is 18.3. The average Bonchev–Trinajstić information content (AvgIpc) is 2.86. The number of hydrogen-bond donors (Lipinski definition) is 0. The van der Waals surface area contributed by atoms with Crippen LogP contribution in [-0.4, -0.2) is 39.1 Å². The molecule has 2 saturated heterocycles. The standard InChI is InChI=1S/C16H23N5S.Cu/c1-11-3-8-15(19-17-11)12(2)18-20-16(22)21-9-13-4-5-14(10-21)7-6-13;/h3,8,13-14H,4-7,9-10H2,1-2H3,(H,20,22);/p-1/b18-12+;. The van der Waals surface area contributed by atoms with Crippen molar-refractivity contribution in [3.8, 4) is 0 Å². The molecule has 1 aromatic heterocycles. The first-order valence-electron chi connectivity index (χ1n) is 7.96. The fourth-order valence-corrected chi connectivity index (χ4v) is 3.46. The van der Waals surface area contributed by atoms with Gasteiger partial charge in [0.2, 0.25) is 0 Å². The maximum Gasteiger partial charge on any atom is 0.109 e. The molecule has 2 aliphatic heterocycles. The van der Waals surface area contributed by atoms with Gasteiger partial charge in [0.05, 0.1) is 11.4 Å². The molecule has 23 heavy (non-hydrogen) atoms. The van der Waals surface area contributed by atoms with E-state index >= 15 is 0 Å². The summed E-state index contributed by atoms with van der Waals surface area (Å²) in [6, 6.07) is 3.83. The largest absolute Gasteiger partial charge is 0.741 e. The second-order valence-electron chi connectivity index (χ2n) is 6.42. The van der Waals surface area contributed by atoms with Crippen LogP contribution in [0.4, 0.5) is 0 Å². The van der Waals surface area contributed by atoms with Crippen LogP contribution in [0.15, 0.2) is 22.3 Å². The minimum Gasteiger partial charge on any atom is -0.741 e. The normalized spacial score (nSPS) is 25.0. The number of aromatic nitrogens is 2. The second-order valence-corrected chi connectivity index (χ2v) is 6.78. The predicted molar refractivity (Wildman–Crippen MR) is 90.8 cm³/mol. The van der Waals surface area contributed by atoms with Crippen LogP contribution in [0.1, 0.15) is 44.0 Å². The Kier molecular flexibility index (Phi) is 6.50. The molecule has 0 spiro atoms. The molecule has 3 aliphatic rings. The second kappa shape index (κ2) is 8.17. The van der Waals surface area contributed by atoms with Crippen LogP contribution in [0, 0.1) is 18.8 Å². The summed E-state index contributed by atoms with van der Waals surface area (Å²) in [6.07, 6.45) is 5.35. The molecule has 1 aromatic rings. The summed E-state index contributed by atoms with van der Waals surface area (Å²) in [6.45, 7) is 5.88. The zero-order valence-corrected chi connectivity index (χ0v) is 15.3. The van der Waals surface area contributed by atoms with Gasteiger partial charge in [0.25, 0.3) is 0 Å². The van der Waals surface area contributed by atoms with E-state index in [2.05, 4.69) is 25.3 Å². The number of hydrogen-bond acceptors (Lipinski definition) is 5. The first-order valence-corrected chi connectivity index (χ1v) is 8.37. The Morgan fingerprint density at radius 3 is 2.22 bits per heavy atom. The Morgan fingerprint density at radius 2 is 1.70 bits per heavy atom. The Morgan fingerprint density at radius 1 is 1.09 bits per heavy atom. The first-order chi connectivity index (χ1) is 10.6. The average molecular weight is 380 g/mol. The topological polar surface area (TPSA) is 53.7 Å². The summed E-state index contributed by atoms with van der Waals surface area (Å²) in [5.74, 6) is 1.56. The van der Waals surface area contributed by atoms with E-state index in [-0.39, 0.29) is 17.1 Å². The van der Waals surface area contributed by atoms with E-state index in [0.717, 1.165) is 42.0 Å². The Hall–Kier alpha value is -1.04. The summed E-state index contributed by atoms with van der Waals surface area (Å²) in [5.41, 5.74) is 2.38. The van der Waals surface area contributed by atoms with E-state index in [1.165, 1.54) is 25.7 Å². The van der Waals surface area contributed by atoms with Gasteiger partial charge in [-0.1, -0.05) is 0 Å². The van der Waals surface area contributed by atoms with Gasteiger partial charge in [0.1, 0.15) is 5.69 Å². The molecule has 4 rings (SSSR count). The van der Waals surface area contributed by atoms with Crippen molar-refractivity contribution in [3.63, 3.8) is 0 Å². The van der Waals surface area contributed by atoms with Gasteiger partial charge in [-0.05, 0) is 63.5 Å². The SMILES string of the molecule is C/C(=N\N=C(/[S-])N1CC2CCC(CC2)C1)c1ccc(C)nn1.[Cu]. The molecular weight excluding hydrogens is 358 g/mol. The molecule has 1 radical (unpaired) electrons. The van der Waals surface area contributed by atoms with Crippen LogP contribution in [0.5, 0.6) is 0 Å². The van der Waals surface area contributed by atoms with Gasteiger partial charge in [0.15, 0.2) is 0 Å². The molecule has 0 unspecified atom stereocenters.